The molecule has 32 heavy (non-hydrogen) atoms. The Morgan fingerprint density at radius 2 is 1.50 bits per heavy atom. The van der Waals surface area contributed by atoms with Gasteiger partial charge < -0.3 is 4.74 Å². The molecular weight excluding hydrogens is 398 g/mol. The summed E-state index contributed by atoms with van der Waals surface area (Å²) in [6, 6.07) is 25.3. The first kappa shape index (κ1) is 20.3. The summed E-state index contributed by atoms with van der Waals surface area (Å²) < 4.78 is 5.89. The van der Waals surface area contributed by atoms with Gasteiger partial charge in [0, 0.05) is 35.7 Å². The maximum absolute atomic E-state index is 13.3. The zero-order chi connectivity index (χ0) is 22.1. The third-order valence-corrected chi connectivity index (χ3v) is 6.23. The van der Waals surface area contributed by atoms with E-state index in [1.165, 1.54) is 5.56 Å². The molecule has 0 spiro atoms. The first-order valence-electron chi connectivity index (χ1n) is 11.1. The molecule has 0 saturated heterocycles. The van der Waals surface area contributed by atoms with Gasteiger partial charge in [-0.25, -0.2) is 0 Å². The molecule has 3 aromatic carbocycles. The number of allylic oxidation sites excluding steroid dienone is 2. The lowest BCUT2D eigenvalue weighted by molar-refractivity contribution is -0.119. The number of nitrogens with zero attached hydrogens (tertiary/aromatic N) is 1. The van der Waals surface area contributed by atoms with Crippen molar-refractivity contribution in [1.29, 1.82) is 0 Å². The van der Waals surface area contributed by atoms with Gasteiger partial charge in [-0.1, -0.05) is 48.0 Å². The minimum atomic E-state index is -0.164. The first-order chi connectivity index (χ1) is 15.6. The van der Waals surface area contributed by atoms with Crippen molar-refractivity contribution in [2.45, 2.75) is 38.5 Å². The monoisotopic (exact) mass is 423 g/mol. The average molecular weight is 424 g/mol. The fourth-order valence-corrected chi connectivity index (χ4v) is 4.66. The first-order valence-corrected chi connectivity index (χ1v) is 11.1. The molecule has 0 saturated carbocycles. The number of benzene rings is 3. The lowest BCUT2D eigenvalue weighted by atomic mass is 9.77. The van der Waals surface area contributed by atoms with E-state index in [-0.39, 0.29) is 17.6 Å². The molecule has 3 aromatic rings. The number of Topliss-reactive ketones (excluding diaryl/α,β-unsaturated/α-hetero) is 1. The lowest BCUT2D eigenvalue weighted by Gasteiger charge is -2.38. The number of hydrogen-bond donors (Lipinski definition) is 0. The summed E-state index contributed by atoms with van der Waals surface area (Å²) in [5.74, 6) is 1.50. The minimum absolute atomic E-state index is 0.0285. The largest absolute Gasteiger partial charge is 0.457 e. The van der Waals surface area contributed by atoms with Gasteiger partial charge in [-0.2, -0.15) is 0 Å². The third kappa shape index (κ3) is 3.84. The molecular formula is C28H25NO3. The molecule has 1 unspecified atom stereocenters. The van der Waals surface area contributed by atoms with Gasteiger partial charge >= 0.3 is 0 Å². The summed E-state index contributed by atoms with van der Waals surface area (Å²) in [6.45, 7) is 2.04. The average Bonchev–Trinajstić information content (AvgIpc) is 2.81. The van der Waals surface area contributed by atoms with Crippen molar-refractivity contribution in [2.24, 2.45) is 0 Å². The van der Waals surface area contributed by atoms with Crippen LogP contribution in [-0.4, -0.2) is 11.7 Å². The molecule has 4 heteroatoms. The van der Waals surface area contributed by atoms with E-state index in [1.807, 2.05) is 85.8 Å². The van der Waals surface area contributed by atoms with E-state index in [9.17, 15) is 9.59 Å². The standard InChI is InChI=1S/C28H25NO3/c1-19-10-12-20(13-11-19)24-18-27(31)29(25-8-5-9-26(30)28(24)25)21-14-16-23(17-15-21)32-22-6-3-2-4-7-22/h2-4,6-7,10-17,24H,5,8-9,18H2,1H3. The number of para-hydroxylation sites is 1. The predicted octanol–water partition coefficient (Wildman–Crippen LogP) is 6.31. The van der Waals surface area contributed by atoms with Gasteiger partial charge in [0.2, 0.25) is 5.91 Å². The second kappa shape index (κ2) is 8.46. The number of rotatable bonds is 4. The Labute approximate surface area is 188 Å². The van der Waals surface area contributed by atoms with Crippen LogP contribution >= 0.6 is 0 Å². The summed E-state index contributed by atoms with van der Waals surface area (Å²) in [5.41, 5.74) is 4.65. The van der Waals surface area contributed by atoms with E-state index >= 15 is 0 Å². The van der Waals surface area contributed by atoms with Crippen LogP contribution in [0.1, 0.15) is 42.7 Å². The number of ether oxygens (including phenoxy) is 1. The SMILES string of the molecule is Cc1ccc(C2CC(=O)N(c3ccc(Oc4ccccc4)cc3)C3=C2C(=O)CCC3)cc1. The Balaban J connectivity index is 1.49. The number of carbonyl (C=O) groups excluding carboxylic acids is 2. The van der Waals surface area contributed by atoms with Gasteiger partial charge in [0.1, 0.15) is 11.5 Å². The van der Waals surface area contributed by atoms with Crippen LogP contribution in [0.5, 0.6) is 11.5 Å². The molecule has 0 radical (unpaired) electrons. The Kier molecular flexibility index (Phi) is 5.36. The molecule has 1 aliphatic carbocycles. The Bertz CT molecular complexity index is 1180. The van der Waals surface area contributed by atoms with Crippen molar-refractivity contribution in [3.8, 4) is 11.5 Å². The van der Waals surface area contributed by atoms with E-state index in [0.29, 0.717) is 18.6 Å². The van der Waals surface area contributed by atoms with Crippen LogP contribution < -0.4 is 9.64 Å². The number of anilines is 1. The van der Waals surface area contributed by atoms with Crippen LogP contribution in [0.2, 0.25) is 0 Å². The Morgan fingerprint density at radius 3 is 2.22 bits per heavy atom. The predicted molar refractivity (Wildman–Crippen MR) is 125 cm³/mol. The van der Waals surface area contributed by atoms with E-state index in [1.54, 1.807) is 4.90 Å². The molecule has 2 aliphatic rings. The summed E-state index contributed by atoms with van der Waals surface area (Å²) in [5, 5.41) is 0. The van der Waals surface area contributed by atoms with Crippen molar-refractivity contribution in [1.82, 2.24) is 0 Å². The highest BCUT2D eigenvalue weighted by Crippen LogP contribution is 2.43. The number of aryl methyl sites for hydroxylation is 1. The maximum Gasteiger partial charge on any atom is 0.232 e. The molecule has 1 amide bonds. The third-order valence-electron chi connectivity index (χ3n) is 6.23. The highest BCUT2D eigenvalue weighted by atomic mass is 16.5. The molecule has 0 aromatic heterocycles. The number of amides is 1. The summed E-state index contributed by atoms with van der Waals surface area (Å²) >= 11 is 0. The van der Waals surface area contributed by atoms with E-state index in [2.05, 4.69) is 0 Å². The zero-order valence-corrected chi connectivity index (χ0v) is 18.1. The number of hydrogen-bond acceptors (Lipinski definition) is 3. The van der Waals surface area contributed by atoms with Crippen LogP contribution in [0, 0.1) is 6.92 Å². The fourth-order valence-electron chi connectivity index (χ4n) is 4.66. The van der Waals surface area contributed by atoms with E-state index in [4.69, 9.17) is 4.74 Å². The van der Waals surface area contributed by atoms with Gasteiger partial charge in [0.25, 0.3) is 0 Å². The fraction of sp³-hybridized carbons (Fsp3) is 0.214. The number of carbonyl (C=O) groups is 2. The van der Waals surface area contributed by atoms with Gasteiger partial charge in [-0.15, -0.1) is 0 Å². The smallest absolute Gasteiger partial charge is 0.232 e. The zero-order valence-electron chi connectivity index (χ0n) is 18.1. The molecule has 4 nitrogen and oxygen atoms in total. The van der Waals surface area contributed by atoms with Gasteiger partial charge in [0.15, 0.2) is 5.78 Å². The van der Waals surface area contributed by atoms with Crippen LogP contribution in [0.15, 0.2) is 90.1 Å². The summed E-state index contributed by atoms with van der Waals surface area (Å²) in [4.78, 5) is 28.1. The molecule has 0 N–H and O–H groups in total. The quantitative estimate of drug-likeness (QED) is 0.494. The van der Waals surface area contributed by atoms with Crippen LogP contribution in [-0.2, 0) is 9.59 Å². The Morgan fingerprint density at radius 1 is 0.812 bits per heavy atom. The second-order valence-electron chi connectivity index (χ2n) is 8.44. The molecule has 1 heterocycles. The highest BCUT2D eigenvalue weighted by Gasteiger charge is 2.39. The normalized spacial score (nSPS) is 18.5. The molecule has 5 rings (SSSR count). The minimum Gasteiger partial charge on any atom is -0.457 e. The maximum atomic E-state index is 13.3. The molecule has 1 aliphatic heterocycles. The summed E-state index contributed by atoms with van der Waals surface area (Å²) in [6.07, 6.45) is 2.36. The van der Waals surface area contributed by atoms with Crippen molar-refractivity contribution in [3.05, 3.63) is 101 Å². The highest BCUT2D eigenvalue weighted by molar-refractivity contribution is 6.07. The van der Waals surface area contributed by atoms with Gasteiger partial charge in [0.05, 0.1) is 0 Å². The Hall–Kier alpha value is -3.66. The van der Waals surface area contributed by atoms with Crippen LogP contribution in [0.3, 0.4) is 0 Å². The molecule has 0 fully saturated rings. The number of ketones is 1. The topological polar surface area (TPSA) is 46.6 Å². The van der Waals surface area contributed by atoms with E-state index in [0.717, 1.165) is 41.1 Å². The molecule has 160 valence electrons. The van der Waals surface area contributed by atoms with Crippen molar-refractivity contribution in [3.63, 3.8) is 0 Å². The van der Waals surface area contributed by atoms with Crippen molar-refractivity contribution < 1.29 is 14.3 Å². The second-order valence-corrected chi connectivity index (χ2v) is 8.44. The van der Waals surface area contributed by atoms with Crippen molar-refractivity contribution in [2.75, 3.05) is 4.90 Å². The molecule has 1 atom stereocenters. The van der Waals surface area contributed by atoms with Crippen LogP contribution in [0.25, 0.3) is 0 Å². The lowest BCUT2D eigenvalue weighted by Crippen LogP contribution is -2.40. The van der Waals surface area contributed by atoms with Gasteiger partial charge in [-0.3, -0.25) is 14.5 Å². The van der Waals surface area contributed by atoms with Gasteiger partial charge in [-0.05, 0) is 61.7 Å². The molecule has 0 bridgehead atoms. The van der Waals surface area contributed by atoms with E-state index < -0.39 is 0 Å². The van der Waals surface area contributed by atoms with Crippen molar-refractivity contribution >= 4 is 17.4 Å². The van der Waals surface area contributed by atoms with Crippen LogP contribution in [0.4, 0.5) is 5.69 Å². The summed E-state index contributed by atoms with van der Waals surface area (Å²) in [7, 11) is 0.